The maximum Gasteiger partial charge on any atom is 0.316 e. The molecule has 1 saturated carbocycles. The largest absolute Gasteiger partial charge is 0.486 e. The first kappa shape index (κ1) is 28.6. The van der Waals surface area contributed by atoms with Gasteiger partial charge in [-0.2, -0.15) is 27.2 Å². The third kappa shape index (κ3) is 6.52. The van der Waals surface area contributed by atoms with Crippen molar-refractivity contribution >= 4 is 21.6 Å². The summed E-state index contributed by atoms with van der Waals surface area (Å²) in [6.07, 6.45) is 3.27. The molecule has 5 rings (SSSR count). The smallest absolute Gasteiger partial charge is 0.316 e. The van der Waals surface area contributed by atoms with Crippen molar-refractivity contribution in [2.75, 3.05) is 37.7 Å². The van der Waals surface area contributed by atoms with E-state index in [4.69, 9.17) is 4.74 Å². The zero-order chi connectivity index (χ0) is 29.4. The van der Waals surface area contributed by atoms with E-state index in [-0.39, 0.29) is 61.9 Å². The van der Waals surface area contributed by atoms with E-state index in [1.807, 2.05) is 6.92 Å². The molecule has 0 unspecified atom stereocenters. The topological polar surface area (TPSA) is 140 Å². The van der Waals surface area contributed by atoms with E-state index in [2.05, 4.69) is 9.82 Å². The standard InChI is InChI=1S/C26H28F2N6O6S/c1-26(6-7-26)17-40-24-23(16-29-33(25(24)35)22-13-19(27)12-20(28)14-22)31-8-10-32(11-9-31)41(38,39)30-15-18-2-4-21(5-3-18)34(36)37/h2-5,12-14,16,30H,6-11,15,17H2,1H3. The van der Waals surface area contributed by atoms with Crippen molar-refractivity contribution in [2.45, 2.75) is 26.3 Å². The molecule has 12 nitrogen and oxygen atoms in total. The van der Waals surface area contributed by atoms with Gasteiger partial charge >= 0.3 is 5.56 Å². The van der Waals surface area contributed by atoms with E-state index in [1.165, 1.54) is 34.8 Å². The molecule has 3 aromatic rings. The molecular weight excluding hydrogens is 562 g/mol. The lowest BCUT2D eigenvalue weighted by atomic mass is 10.2. The second-order valence-corrected chi connectivity index (χ2v) is 12.2. The van der Waals surface area contributed by atoms with Gasteiger partial charge < -0.3 is 9.64 Å². The van der Waals surface area contributed by atoms with Crippen LogP contribution in [0.25, 0.3) is 5.69 Å². The van der Waals surface area contributed by atoms with Crippen LogP contribution in [-0.2, 0) is 16.8 Å². The number of nitro benzene ring substituents is 1. The number of ether oxygens (including phenoxy) is 1. The Bertz CT molecular complexity index is 1600. The lowest BCUT2D eigenvalue weighted by molar-refractivity contribution is -0.384. The first-order valence-corrected chi connectivity index (χ1v) is 14.3. The summed E-state index contributed by atoms with van der Waals surface area (Å²) in [7, 11) is -3.87. The molecule has 1 aliphatic carbocycles. The van der Waals surface area contributed by atoms with Crippen molar-refractivity contribution in [1.29, 1.82) is 0 Å². The van der Waals surface area contributed by atoms with Gasteiger partial charge in [-0.15, -0.1) is 0 Å². The van der Waals surface area contributed by atoms with Gasteiger partial charge in [0.05, 0.1) is 23.4 Å². The number of hydrogen-bond acceptors (Lipinski definition) is 8. The third-order valence-corrected chi connectivity index (χ3v) is 8.75. The molecule has 2 heterocycles. The summed E-state index contributed by atoms with van der Waals surface area (Å²) < 4.78 is 64.2. The average Bonchev–Trinajstić information content (AvgIpc) is 3.68. The zero-order valence-electron chi connectivity index (χ0n) is 22.1. The van der Waals surface area contributed by atoms with Crippen molar-refractivity contribution in [3.8, 4) is 11.4 Å². The van der Waals surface area contributed by atoms with Crippen molar-refractivity contribution in [3.05, 3.63) is 86.3 Å². The maximum absolute atomic E-state index is 13.9. The lowest BCUT2D eigenvalue weighted by Gasteiger charge is -2.35. The SMILES string of the molecule is CC1(COc2c(N3CCN(S(=O)(=O)NCc4ccc([N+](=O)[O-])cc4)CC3)cnn(-c3cc(F)cc(F)c3)c2=O)CC1. The first-order valence-electron chi connectivity index (χ1n) is 12.9. The van der Waals surface area contributed by atoms with Crippen LogP contribution in [-0.4, -0.2) is 60.2 Å². The number of nitrogens with one attached hydrogen (secondary N) is 1. The average molecular weight is 591 g/mol. The summed E-state index contributed by atoms with van der Waals surface area (Å²) in [5.74, 6) is -1.74. The number of aromatic nitrogens is 2. The Balaban J connectivity index is 1.31. The highest BCUT2D eigenvalue weighted by atomic mass is 32.2. The van der Waals surface area contributed by atoms with Gasteiger partial charge in [-0.25, -0.2) is 8.78 Å². The molecule has 41 heavy (non-hydrogen) atoms. The van der Waals surface area contributed by atoms with Crippen LogP contribution < -0.4 is 19.9 Å². The van der Waals surface area contributed by atoms with Gasteiger partial charge in [0, 0.05) is 56.3 Å². The van der Waals surface area contributed by atoms with Gasteiger partial charge in [-0.1, -0.05) is 19.1 Å². The predicted molar refractivity (Wildman–Crippen MR) is 145 cm³/mol. The Hall–Kier alpha value is -3.95. The summed E-state index contributed by atoms with van der Waals surface area (Å²) in [5.41, 5.74) is 0.00274. The molecule has 1 aliphatic heterocycles. The van der Waals surface area contributed by atoms with Gasteiger partial charge in [0.25, 0.3) is 15.9 Å². The number of piperazine rings is 1. The highest BCUT2D eigenvalue weighted by molar-refractivity contribution is 7.87. The quantitative estimate of drug-likeness (QED) is 0.281. The monoisotopic (exact) mass is 590 g/mol. The highest BCUT2D eigenvalue weighted by Crippen LogP contribution is 2.45. The highest BCUT2D eigenvalue weighted by Gasteiger charge is 2.39. The molecule has 0 amide bonds. The number of hydrogen-bond donors (Lipinski definition) is 1. The molecule has 0 radical (unpaired) electrons. The van der Waals surface area contributed by atoms with Crippen molar-refractivity contribution in [2.24, 2.45) is 5.41 Å². The molecule has 1 N–H and O–H groups in total. The molecule has 2 aliphatic rings. The zero-order valence-corrected chi connectivity index (χ0v) is 22.9. The van der Waals surface area contributed by atoms with Crippen LogP contribution in [0.1, 0.15) is 25.3 Å². The van der Waals surface area contributed by atoms with Crippen LogP contribution in [0.15, 0.2) is 53.5 Å². The summed E-state index contributed by atoms with van der Waals surface area (Å²) in [6, 6.07) is 8.26. The summed E-state index contributed by atoms with van der Waals surface area (Å²) in [6.45, 7) is 2.92. The number of anilines is 1. The Kier molecular flexibility index (Phi) is 7.76. The summed E-state index contributed by atoms with van der Waals surface area (Å²) >= 11 is 0. The van der Waals surface area contributed by atoms with E-state index < -0.39 is 32.3 Å². The second kappa shape index (κ2) is 11.1. The molecular formula is C26H28F2N6O6S. The molecule has 0 spiro atoms. The molecule has 218 valence electrons. The number of benzene rings is 2. The van der Waals surface area contributed by atoms with Crippen LogP contribution in [0, 0.1) is 27.2 Å². The number of rotatable bonds is 10. The lowest BCUT2D eigenvalue weighted by Crippen LogP contribution is -2.52. The van der Waals surface area contributed by atoms with Crippen LogP contribution in [0.3, 0.4) is 0 Å². The number of non-ortho nitro benzene ring substituents is 1. The van der Waals surface area contributed by atoms with E-state index in [9.17, 15) is 32.1 Å². The first-order chi connectivity index (χ1) is 19.4. The van der Waals surface area contributed by atoms with Crippen LogP contribution >= 0.6 is 0 Å². The Morgan fingerprint density at radius 2 is 1.71 bits per heavy atom. The van der Waals surface area contributed by atoms with Crippen LogP contribution in [0.4, 0.5) is 20.2 Å². The van der Waals surface area contributed by atoms with Crippen molar-refractivity contribution in [1.82, 2.24) is 18.8 Å². The Labute approximate surface area is 234 Å². The van der Waals surface area contributed by atoms with Gasteiger partial charge in [0.2, 0.25) is 5.75 Å². The fourth-order valence-corrected chi connectivity index (χ4v) is 5.59. The van der Waals surface area contributed by atoms with Crippen LogP contribution in [0.2, 0.25) is 0 Å². The van der Waals surface area contributed by atoms with E-state index in [0.717, 1.165) is 29.7 Å². The number of nitro groups is 1. The van der Waals surface area contributed by atoms with Gasteiger partial charge in [-0.3, -0.25) is 14.9 Å². The van der Waals surface area contributed by atoms with Crippen molar-refractivity contribution in [3.63, 3.8) is 0 Å². The number of nitrogens with zero attached hydrogens (tertiary/aromatic N) is 5. The predicted octanol–water partition coefficient (Wildman–Crippen LogP) is 2.75. The molecule has 1 saturated heterocycles. The van der Waals surface area contributed by atoms with Crippen molar-refractivity contribution < 1.29 is 26.9 Å². The maximum atomic E-state index is 13.9. The molecule has 15 heteroatoms. The summed E-state index contributed by atoms with van der Waals surface area (Å²) in [5, 5.41) is 15.0. The van der Waals surface area contributed by atoms with E-state index in [0.29, 0.717) is 17.3 Å². The minimum absolute atomic E-state index is 0.0228. The fraction of sp³-hybridized carbons (Fsp3) is 0.385. The molecule has 0 bridgehead atoms. The normalized spacial score (nSPS) is 16.9. The molecule has 0 atom stereocenters. The minimum atomic E-state index is -3.87. The van der Waals surface area contributed by atoms with Gasteiger partial charge in [-0.05, 0) is 30.5 Å². The van der Waals surface area contributed by atoms with E-state index in [1.54, 1.807) is 4.90 Å². The minimum Gasteiger partial charge on any atom is -0.486 e. The summed E-state index contributed by atoms with van der Waals surface area (Å²) in [4.78, 5) is 25.5. The van der Waals surface area contributed by atoms with Gasteiger partial charge in [0.1, 0.15) is 17.3 Å². The molecule has 1 aromatic heterocycles. The Morgan fingerprint density at radius 3 is 2.29 bits per heavy atom. The van der Waals surface area contributed by atoms with Gasteiger partial charge in [0.15, 0.2) is 0 Å². The second-order valence-electron chi connectivity index (χ2n) is 10.4. The Morgan fingerprint density at radius 1 is 1.07 bits per heavy atom. The van der Waals surface area contributed by atoms with Crippen LogP contribution in [0.5, 0.6) is 5.75 Å². The molecule has 2 fully saturated rings. The van der Waals surface area contributed by atoms with E-state index >= 15 is 0 Å². The fourth-order valence-electron chi connectivity index (χ4n) is 4.41. The third-order valence-electron chi connectivity index (χ3n) is 7.20. The number of halogens is 2. The molecule has 2 aromatic carbocycles.